The van der Waals surface area contributed by atoms with Crippen LogP contribution in [0.2, 0.25) is 0 Å². The van der Waals surface area contributed by atoms with Crippen molar-refractivity contribution in [1.82, 2.24) is 59.6 Å². The van der Waals surface area contributed by atoms with Crippen LogP contribution in [0, 0.1) is 41.8 Å². The maximum atomic E-state index is 12.9. The average Bonchev–Trinajstić information content (AvgIpc) is 1.85. The molecule has 7 N–H and O–H groups in total. The molecule has 0 saturated heterocycles. The van der Waals surface area contributed by atoms with Crippen LogP contribution in [0.4, 0.5) is 9.59 Å². The van der Waals surface area contributed by atoms with E-state index in [0.29, 0.717) is 34.1 Å². The fraction of sp³-hybridized carbons (Fsp3) is 0.391. The van der Waals surface area contributed by atoms with E-state index in [9.17, 15) is 29.4 Å². The Kier molecular flexibility index (Phi) is 21.1. The number of fused-ring (bicyclic) bond motifs is 5. The number of pyridine rings is 5. The Morgan fingerprint density at radius 1 is 0.500 bits per heavy atom. The molecule has 454 valence electrons. The minimum atomic E-state index is -0.652. The van der Waals surface area contributed by atoms with E-state index < -0.39 is 29.5 Å². The third kappa shape index (κ3) is 16.8. The summed E-state index contributed by atoms with van der Waals surface area (Å²) in [6, 6.07) is 20.8. The minimum absolute atomic E-state index is 0.147. The molecule has 10 aromatic heterocycles. The molecule has 2 fully saturated rings. The standard InChI is InChI=1S/C20H27N3O4.C15H19N3O2.C13H15IN2O2.C8H7IN2.C8H8N2/c1-12-9-10-15-17(21-12)13(11-23(15)19(26)27-20(2,3)4)18(25)22-14-7-5-6-8-16(14)24;1-9-6-7-12-14(17-9)10(8-16-12)15(20)18-11-4-2-3-5-13(11)19;1-8-5-6-10-11(15-8)9(14)7-16(10)12(17)18-13(2,3)4;1-5-2-3-7-8(11-5)6(9)4-10-7;1-6-2-3-7-8(10-6)4-5-9-7/h9-11,14,16,24H,5-8H2,1-4H3,(H,22,25);6-8,11,13,16,19H,2-5H2,1H3,(H,18,20);5-7H,1-4H3;2-4,10H,1H3;2-5,9H,1H3/t14-,16-;11-,13-;;;/m00.../s1. The number of carbonyl (C=O) groups is 4. The second-order valence-electron chi connectivity index (χ2n) is 23.6. The molecule has 2 aliphatic rings. The van der Waals surface area contributed by atoms with Crippen LogP contribution >= 0.6 is 45.2 Å². The number of aryl methyl sites for hydroxylation is 5. The normalized spacial score (nSPS) is 16.8. The van der Waals surface area contributed by atoms with E-state index in [-0.39, 0.29) is 30.0 Å². The Hall–Kier alpha value is -7.29. The first kappa shape index (κ1) is 64.7. The molecule has 0 radical (unpaired) electrons. The number of H-pyrrole nitrogens is 3. The second kappa shape index (κ2) is 28.0. The van der Waals surface area contributed by atoms with Gasteiger partial charge in [-0.3, -0.25) is 39.1 Å². The lowest BCUT2D eigenvalue weighted by molar-refractivity contribution is 0.0532. The Labute approximate surface area is 526 Å². The van der Waals surface area contributed by atoms with Crippen molar-refractivity contribution in [2.45, 2.75) is 163 Å². The molecule has 0 unspecified atom stereocenters. The number of carbonyl (C=O) groups excluding carboxylic acids is 4. The van der Waals surface area contributed by atoms with Crippen molar-refractivity contribution in [1.29, 1.82) is 0 Å². The van der Waals surface area contributed by atoms with E-state index in [1.54, 1.807) is 45.3 Å². The molecular weight excluding hydrogens is 1320 g/mol. The van der Waals surface area contributed by atoms with E-state index in [0.717, 1.165) is 116 Å². The fourth-order valence-corrected chi connectivity index (χ4v) is 11.1. The number of nitrogens with zero attached hydrogens (tertiary/aromatic N) is 7. The third-order valence-electron chi connectivity index (χ3n) is 14.1. The van der Waals surface area contributed by atoms with Crippen LogP contribution in [0.3, 0.4) is 0 Å². The van der Waals surface area contributed by atoms with Gasteiger partial charge in [-0.2, -0.15) is 0 Å². The summed E-state index contributed by atoms with van der Waals surface area (Å²) in [4.78, 5) is 81.2. The van der Waals surface area contributed by atoms with Gasteiger partial charge in [0.05, 0.1) is 75.7 Å². The van der Waals surface area contributed by atoms with Crippen molar-refractivity contribution in [3.8, 4) is 0 Å². The fourth-order valence-electron chi connectivity index (χ4n) is 9.88. The summed E-state index contributed by atoms with van der Waals surface area (Å²) >= 11 is 4.45. The van der Waals surface area contributed by atoms with Gasteiger partial charge in [0.2, 0.25) is 0 Å². The van der Waals surface area contributed by atoms with Gasteiger partial charge in [-0.25, -0.2) is 14.2 Å². The van der Waals surface area contributed by atoms with Gasteiger partial charge >= 0.3 is 12.2 Å². The lowest BCUT2D eigenvalue weighted by Gasteiger charge is -2.28. The first-order valence-electron chi connectivity index (χ1n) is 28.7. The van der Waals surface area contributed by atoms with Crippen LogP contribution in [0.25, 0.3) is 55.2 Å². The van der Waals surface area contributed by atoms with Gasteiger partial charge in [0.25, 0.3) is 11.8 Å². The number of nitrogens with one attached hydrogen (secondary N) is 5. The smallest absolute Gasteiger partial charge is 0.419 e. The van der Waals surface area contributed by atoms with Crippen LogP contribution in [-0.4, -0.2) is 119 Å². The quantitative estimate of drug-likeness (QED) is 0.0809. The van der Waals surface area contributed by atoms with Crippen molar-refractivity contribution in [2.24, 2.45) is 0 Å². The highest BCUT2D eigenvalue weighted by Gasteiger charge is 2.30. The molecule has 0 bridgehead atoms. The molecule has 2 aliphatic carbocycles. The molecule has 4 atom stereocenters. The van der Waals surface area contributed by atoms with Gasteiger partial charge in [0.1, 0.15) is 33.3 Å². The molecule has 10 heterocycles. The maximum Gasteiger partial charge on any atom is 0.419 e. The second-order valence-corrected chi connectivity index (χ2v) is 25.9. The van der Waals surface area contributed by atoms with E-state index >= 15 is 0 Å². The number of hydrogen-bond acceptors (Lipinski definition) is 13. The average molecular weight is 1400 g/mol. The van der Waals surface area contributed by atoms with Crippen LogP contribution in [-0.2, 0) is 9.47 Å². The van der Waals surface area contributed by atoms with Gasteiger partial charge in [-0.1, -0.05) is 25.7 Å². The first-order chi connectivity index (χ1) is 40.7. The van der Waals surface area contributed by atoms with Gasteiger partial charge in [0.15, 0.2) is 0 Å². The zero-order valence-electron chi connectivity index (χ0n) is 50.4. The van der Waals surface area contributed by atoms with E-state index in [1.807, 2.05) is 116 Å². The number of amides is 2. The van der Waals surface area contributed by atoms with Crippen LogP contribution in [0.1, 0.15) is 142 Å². The molecule has 2 saturated carbocycles. The Balaban J connectivity index is 0.000000146. The predicted octanol–water partition coefficient (Wildman–Crippen LogP) is 13.1. The number of aliphatic hydroxyl groups excluding tert-OH is 2. The first-order valence-corrected chi connectivity index (χ1v) is 30.9. The number of ether oxygens (including phenoxy) is 2. The predicted molar refractivity (Wildman–Crippen MR) is 352 cm³/mol. The van der Waals surface area contributed by atoms with Gasteiger partial charge in [-0.15, -0.1) is 0 Å². The van der Waals surface area contributed by atoms with E-state index in [1.165, 1.54) is 18.9 Å². The van der Waals surface area contributed by atoms with Gasteiger partial charge in [0, 0.05) is 59.5 Å². The molecule has 0 aliphatic heterocycles. The Bertz CT molecular complexity index is 4030. The van der Waals surface area contributed by atoms with Crippen LogP contribution < -0.4 is 10.6 Å². The minimum Gasteiger partial charge on any atom is -0.443 e. The summed E-state index contributed by atoms with van der Waals surface area (Å²) in [6.45, 7) is 20.6. The van der Waals surface area contributed by atoms with Crippen molar-refractivity contribution in [2.75, 3.05) is 0 Å². The zero-order chi connectivity index (χ0) is 62.2. The summed E-state index contributed by atoms with van der Waals surface area (Å²) in [7, 11) is 0. The molecule has 20 nitrogen and oxygen atoms in total. The number of aromatic amines is 3. The lowest BCUT2D eigenvalue weighted by atomic mass is 9.92. The number of hydrogen-bond donors (Lipinski definition) is 7. The zero-order valence-corrected chi connectivity index (χ0v) is 54.7. The molecule has 22 heteroatoms. The number of rotatable bonds is 4. The summed E-state index contributed by atoms with van der Waals surface area (Å²) in [5.74, 6) is -0.508. The Morgan fingerprint density at radius 2 is 0.930 bits per heavy atom. The number of halogens is 2. The van der Waals surface area contributed by atoms with E-state index in [4.69, 9.17) is 9.47 Å². The van der Waals surface area contributed by atoms with Crippen molar-refractivity contribution < 1.29 is 38.9 Å². The molecule has 12 rings (SSSR count). The third-order valence-corrected chi connectivity index (χ3v) is 15.7. The number of aromatic nitrogens is 10. The Morgan fingerprint density at radius 3 is 1.48 bits per heavy atom. The summed E-state index contributed by atoms with van der Waals surface area (Å²) in [5, 5.41) is 25.9. The summed E-state index contributed by atoms with van der Waals surface area (Å²) in [6.07, 6.45) is 13.9. The largest absolute Gasteiger partial charge is 0.443 e. The summed E-state index contributed by atoms with van der Waals surface area (Å²) in [5.41, 5.74) is 12.8. The monoisotopic (exact) mass is 1390 g/mol. The molecule has 0 aromatic carbocycles. The lowest BCUT2D eigenvalue weighted by Crippen LogP contribution is -2.45. The SMILES string of the molecule is Cc1ccc2[nH]cc(C(=O)N[C@H]3CCCC[C@@H]3O)c2n1.Cc1ccc2[nH]cc(I)c2n1.Cc1ccc2[nH]ccc2n1.Cc1ccc2c(n1)c(C(=O)N[C@H]1CCCC[C@@H]1O)cn2C(=O)OC(C)(C)C.Cc1ccc2c(n1)c(I)cn2C(=O)OC(C)(C)C. The topological polar surface area (TPSA) is 273 Å². The molecule has 2 amide bonds. The molecular formula is C64H76I2N12O8. The molecule has 86 heavy (non-hydrogen) atoms. The van der Waals surface area contributed by atoms with Crippen LogP contribution in [0.5, 0.6) is 0 Å². The van der Waals surface area contributed by atoms with Crippen molar-refractivity contribution in [3.05, 3.63) is 144 Å². The van der Waals surface area contributed by atoms with Gasteiger partial charge < -0.3 is 45.3 Å². The highest BCUT2D eigenvalue weighted by Crippen LogP contribution is 2.27. The number of aliphatic hydroxyl groups is 2. The summed E-state index contributed by atoms with van der Waals surface area (Å²) < 4.78 is 15.8. The highest BCUT2D eigenvalue weighted by molar-refractivity contribution is 14.1. The maximum absolute atomic E-state index is 12.9. The van der Waals surface area contributed by atoms with Crippen molar-refractivity contribution >= 4 is 124 Å². The van der Waals surface area contributed by atoms with Crippen molar-refractivity contribution in [3.63, 3.8) is 0 Å². The molecule has 10 aromatic rings. The van der Waals surface area contributed by atoms with Gasteiger partial charge in [-0.05, 0) is 214 Å². The van der Waals surface area contributed by atoms with E-state index in [2.05, 4.69) is 102 Å². The highest BCUT2D eigenvalue weighted by atomic mass is 127. The van der Waals surface area contributed by atoms with Crippen LogP contribution in [0.15, 0.2) is 97.7 Å². The molecule has 0 spiro atoms.